The van der Waals surface area contributed by atoms with Crippen molar-refractivity contribution in [2.45, 2.75) is 264 Å². The van der Waals surface area contributed by atoms with Crippen molar-refractivity contribution >= 4 is 19.7 Å². The maximum absolute atomic E-state index is 13.5. The molecule has 422 valence electrons. The van der Waals surface area contributed by atoms with Crippen LogP contribution in [0.1, 0.15) is 252 Å². The SMILES string of the molecule is CC/C=C/C=C/C=C/CCCCCCCCCC(=O)NC(COP(=O)(O)OCC[N+](C)(C)C)C(/C=C/CCCCCCCCCCCCC)OC(=O)CCCCCCCC/C=C\C/C=C\C/C=C\CCCCC. The molecule has 0 aliphatic heterocycles. The van der Waals surface area contributed by atoms with E-state index in [4.69, 9.17) is 13.8 Å². The monoisotopic (exact) mass is 1040 g/mol. The lowest BCUT2D eigenvalue weighted by Crippen LogP contribution is -2.47. The van der Waals surface area contributed by atoms with Gasteiger partial charge in [0.1, 0.15) is 19.3 Å². The van der Waals surface area contributed by atoms with Crippen molar-refractivity contribution < 1.29 is 37.3 Å². The molecule has 0 heterocycles. The first-order valence-corrected chi connectivity index (χ1v) is 31.4. The van der Waals surface area contributed by atoms with E-state index < -0.39 is 20.0 Å². The maximum Gasteiger partial charge on any atom is 0.472 e. The minimum Gasteiger partial charge on any atom is -0.456 e. The number of likely N-dealkylation sites (N-methyl/N-ethyl adjacent to an activating group) is 1. The zero-order chi connectivity index (χ0) is 53.6. The van der Waals surface area contributed by atoms with Gasteiger partial charge in [-0.3, -0.25) is 18.6 Å². The molecule has 0 spiro atoms. The third-order valence-corrected chi connectivity index (χ3v) is 13.9. The standard InChI is InChI=1S/C63H113N2O7P/c1-7-10-13-16-19-22-25-28-30-31-32-33-35-38-41-44-47-50-53-56-63(67)72-61(54-51-48-45-42-39-36-27-24-21-18-15-12-9-3)60(59-71-73(68,69)70-58-57-65(4,5)6)64-62(66)55-52-49-46-43-40-37-34-29-26-23-20-17-14-11-8-2/h11,14,17,19-20,22-23,26,28,30,32-33,51,54,60-61H,7-10,12-13,15-16,18,21,24-25,27,29,31,34-50,52-53,55-59H2,1-6H3,(H-,64,66,68,69)/p+1/b14-11+,20-17+,22-19-,26-23+,30-28-,33-32-,54-51+. The Morgan fingerprint density at radius 2 is 0.932 bits per heavy atom. The molecule has 0 aliphatic rings. The number of phosphoric acid groups is 1. The number of allylic oxidation sites excluding steroid dienone is 13. The highest BCUT2D eigenvalue weighted by Gasteiger charge is 2.30. The number of unbranched alkanes of at least 4 members (excludes halogenated alkanes) is 27. The number of hydrogen-bond acceptors (Lipinski definition) is 6. The first-order valence-electron chi connectivity index (χ1n) is 29.9. The second kappa shape index (κ2) is 52.6. The maximum atomic E-state index is 13.5. The Morgan fingerprint density at radius 1 is 0.507 bits per heavy atom. The predicted molar refractivity (Wildman–Crippen MR) is 314 cm³/mol. The second-order valence-corrected chi connectivity index (χ2v) is 22.7. The molecule has 3 unspecified atom stereocenters. The highest BCUT2D eigenvalue weighted by molar-refractivity contribution is 7.47. The number of esters is 1. The summed E-state index contributed by atoms with van der Waals surface area (Å²) >= 11 is 0. The van der Waals surface area contributed by atoms with Crippen LogP contribution < -0.4 is 5.32 Å². The van der Waals surface area contributed by atoms with Crippen molar-refractivity contribution in [3.8, 4) is 0 Å². The van der Waals surface area contributed by atoms with Crippen molar-refractivity contribution in [2.24, 2.45) is 0 Å². The van der Waals surface area contributed by atoms with Crippen molar-refractivity contribution in [1.29, 1.82) is 0 Å². The molecule has 10 heteroatoms. The van der Waals surface area contributed by atoms with E-state index in [0.29, 0.717) is 17.4 Å². The summed E-state index contributed by atoms with van der Waals surface area (Å²) in [6.45, 7) is 6.83. The molecule has 0 bridgehead atoms. The number of phosphoric ester groups is 1. The number of quaternary nitrogens is 1. The highest BCUT2D eigenvalue weighted by Crippen LogP contribution is 2.43. The van der Waals surface area contributed by atoms with Crippen LogP contribution in [-0.4, -0.2) is 74.3 Å². The van der Waals surface area contributed by atoms with Gasteiger partial charge in [-0.1, -0.05) is 235 Å². The van der Waals surface area contributed by atoms with Crippen LogP contribution in [0.15, 0.2) is 85.1 Å². The summed E-state index contributed by atoms with van der Waals surface area (Å²) in [4.78, 5) is 37.7. The molecule has 2 N–H and O–H groups in total. The number of hydrogen-bond donors (Lipinski definition) is 2. The van der Waals surface area contributed by atoms with Gasteiger partial charge >= 0.3 is 13.8 Å². The van der Waals surface area contributed by atoms with Gasteiger partial charge in [0.15, 0.2) is 0 Å². The summed E-state index contributed by atoms with van der Waals surface area (Å²) in [6.07, 6.45) is 68.5. The third kappa shape index (κ3) is 53.8. The Hall–Kier alpha value is -2.81. The largest absolute Gasteiger partial charge is 0.472 e. The summed E-state index contributed by atoms with van der Waals surface area (Å²) in [5.41, 5.74) is 0. The van der Waals surface area contributed by atoms with E-state index in [0.717, 1.165) is 103 Å². The smallest absolute Gasteiger partial charge is 0.456 e. The van der Waals surface area contributed by atoms with Gasteiger partial charge in [-0.15, -0.1) is 0 Å². The van der Waals surface area contributed by atoms with Crippen LogP contribution >= 0.6 is 7.82 Å². The van der Waals surface area contributed by atoms with Crippen molar-refractivity contribution in [2.75, 3.05) is 40.9 Å². The normalized spacial score (nSPS) is 14.3. The van der Waals surface area contributed by atoms with Crippen LogP contribution in [-0.2, 0) is 27.9 Å². The quantitative estimate of drug-likeness (QED) is 0.0156. The van der Waals surface area contributed by atoms with E-state index in [1.165, 1.54) is 116 Å². The number of carbonyl (C=O) groups excluding carboxylic acids is 2. The van der Waals surface area contributed by atoms with Gasteiger partial charge < -0.3 is 19.4 Å². The zero-order valence-electron chi connectivity index (χ0n) is 48.1. The molecule has 0 aromatic rings. The Labute approximate surface area is 450 Å². The van der Waals surface area contributed by atoms with Crippen LogP contribution in [0.3, 0.4) is 0 Å². The average Bonchev–Trinajstić information content (AvgIpc) is 3.35. The second-order valence-electron chi connectivity index (χ2n) is 21.2. The molecule has 0 aromatic heterocycles. The molecule has 3 atom stereocenters. The van der Waals surface area contributed by atoms with E-state index in [1.54, 1.807) is 0 Å². The van der Waals surface area contributed by atoms with E-state index in [-0.39, 0.29) is 31.5 Å². The van der Waals surface area contributed by atoms with Crippen molar-refractivity contribution in [3.63, 3.8) is 0 Å². The fraction of sp³-hybridized carbons (Fsp3) is 0.746. The summed E-state index contributed by atoms with van der Waals surface area (Å²) < 4.78 is 30.7. The Kier molecular flexibility index (Phi) is 50.6. The molecular weight excluding hydrogens is 928 g/mol. The minimum absolute atomic E-state index is 0.0318. The molecule has 0 saturated heterocycles. The van der Waals surface area contributed by atoms with Gasteiger partial charge in [-0.2, -0.15) is 0 Å². The first kappa shape index (κ1) is 70.2. The molecule has 73 heavy (non-hydrogen) atoms. The van der Waals surface area contributed by atoms with E-state index >= 15 is 0 Å². The van der Waals surface area contributed by atoms with Crippen LogP contribution in [0.5, 0.6) is 0 Å². The van der Waals surface area contributed by atoms with Gasteiger partial charge in [-0.05, 0) is 89.5 Å². The van der Waals surface area contributed by atoms with Gasteiger partial charge in [0, 0.05) is 12.8 Å². The van der Waals surface area contributed by atoms with Crippen molar-refractivity contribution in [3.05, 3.63) is 85.1 Å². The van der Waals surface area contributed by atoms with Crippen LogP contribution in [0, 0.1) is 0 Å². The Balaban J connectivity index is 5.36. The molecule has 1 amide bonds. The number of nitrogens with zero attached hydrogens (tertiary/aromatic N) is 1. The number of amides is 1. The highest BCUT2D eigenvalue weighted by atomic mass is 31.2. The van der Waals surface area contributed by atoms with Crippen LogP contribution in [0.4, 0.5) is 0 Å². The lowest BCUT2D eigenvalue weighted by molar-refractivity contribution is -0.870. The van der Waals surface area contributed by atoms with E-state index in [1.807, 2.05) is 33.3 Å². The molecule has 0 fully saturated rings. The summed E-state index contributed by atoms with van der Waals surface area (Å²) in [5, 5.41) is 3.04. The molecule has 9 nitrogen and oxygen atoms in total. The molecule has 0 radical (unpaired) electrons. The fourth-order valence-electron chi connectivity index (χ4n) is 8.24. The first-order chi connectivity index (χ1) is 35.4. The minimum atomic E-state index is -4.46. The van der Waals surface area contributed by atoms with E-state index in [9.17, 15) is 19.0 Å². The van der Waals surface area contributed by atoms with Gasteiger partial charge in [0.25, 0.3) is 0 Å². The number of carbonyl (C=O) groups is 2. The predicted octanol–water partition coefficient (Wildman–Crippen LogP) is 18.2. The van der Waals surface area contributed by atoms with Crippen LogP contribution in [0.2, 0.25) is 0 Å². The molecule has 0 aromatic carbocycles. The number of rotatable bonds is 53. The van der Waals surface area contributed by atoms with Gasteiger partial charge in [0.2, 0.25) is 5.91 Å². The topological polar surface area (TPSA) is 111 Å². The zero-order valence-corrected chi connectivity index (χ0v) is 49.0. The van der Waals surface area contributed by atoms with Gasteiger partial charge in [-0.25, -0.2) is 4.57 Å². The molecule has 0 aliphatic carbocycles. The van der Waals surface area contributed by atoms with E-state index in [2.05, 4.69) is 99.0 Å². The Morgan fingerprint density at radius 3 is 1.45 bits per heavy atom. The molecule has 0 saturated carbocycles. The van der Waals surface area contributed by atoms with Crippen molar-refractivity contribution in [1.82, 2.24) is 5.32 Å². The molecule has 0 rings (SSSR count). The summed E-state index contributed by atoms with van der Waals surface area (Å²) in [6, 6.07) is -0.864. The summed E-state index contributed by atoms with van der Waals surface area (Å²) in [7, 11) is 1.47. The lowest BCUT2D eigenvalue weighted by Gasteiger charge is -2.27. The van der Waals surface area contributed by atoms with Gasteiger partial charge in [0.05, 0.1) is 33.8 Å². The Bertz CT molecular complexity index is 1530. The molecular formula is C63H114N2O7P+. The number of ether oxygens (including phenoxy) is 1. The average molecular weight is 1040 g/mol. The lowest BCUT2D eigenvalue weighted by atomic mass is 10.0. The van der Waals surface area contributed by atoms with Crippen LogP contribution in [0.25, 0.3) is 0 Å². The fourth-order valence-corrected chi connectivity index (χ4v) is 8.98. The number of nitrogens with one attached hydrogen (secondary N) is 1. The summed E-state index contributed by atoms with van der Waals surface area (Å²) in [5.74, 6) is -0.535. The third-order valence-electron chi connectivity index (χ3n) is 12.9.